The minimum atomic E-state index is -0.513. The van der Waals surface area contributed by atoms with Gasteiger partial charge in [-0.1, -0.05) is 0 Å². The largest absolute Gasteiger partial charge is 0.352 e. The van der Waals surface area contributed by atoms with Crippen molar-refractivity contribution >= 4 is 5.91 Å². The molecule has 0 aliphatic rings. The summed E-state index contributed by atoms with van der Waals surface area (Å²) in [6, 6.07) is 6.91. The number of hydrogen-bond acceptors (Lipinski definition) is 3. The minimum absolute atomic E-state index is 0.0823. The van der Waals surface area contributed by atoms with Gasteiger partial charge in [-0.3, -0.25) is 9.36 Å². The Balaban J connectivity index is 1.56. The van der Waals surface area contributed by atoms with E-state index in [1.807, 2.05) is 29.8 Å². The molecular weight excluding hydrogens is 338 g/mol. The number of carbonyl (C=O) groups excluding carboxylic acids is 1. The first-order chi connectivity index (χ1) is 12.5. The maximum Gasteiger partial charge on any atom is 0.220 e. The third-order valence-corrected chi connectivity index (χ3v) is 4.00. The van der Waals surface area contributed by atoms with Gasteiger partial charge in [0.25, 0.3) is 0 Å². The Hall–Kier alpha value is -3.09. The van der Waals surface area contributed by atoms with Crippen LogP contribution in [-0.2, 0) is 17.8 Å². The van der Waals surface area contributed by atoms with Gasteiger partial charge in [-0.2, -0.15) is 0 Å². The number of halogens is 2. The first-order valence-corrected chi connectivity index (χ1v) is 8.19. The molecule has 1 amide bonds. The lowest BCUT2D eigenvalue weighted by Crippen LogP contribution is -2.23. The second-order valence-electron chi connectivity index (χ2n) is 5.88. The van der Waals surface area contributed by atoms with E-state index in [2.05, 4.69) is 15.3 Å². The molecule has 0 saturated carbocycles. The lowest BCUT2D eigenvalue weighted by molar-refractivity contribution is -0.121. The highest BCUT2D eigenvalue weighted by molar-refractivity contribution is 5.76. The highest BCUT2D eigenvalue weighted by Gasteiger charge is 2.08. The third-order valence-electron chi connectivity index (χ3n) is 4.00. The summed E-state index contributed by atoms with van der Waals surface area (Å²) >= 11 is 0. The molecule has 0 unspecified atom stereocenters. The van der Waals surface area contributed by atoms with Crippen LogP contribution in [0.4, 0.5) is 8.78 Å². The van der Waals surface area contributed by atoms with Gasteiger partial charge in [0.15, 0.2) is 0 Å². The molecule has 5 nitrogen and oxygen atoms in total. The van der Waals surface area contributed by atoms with Crippen LogP contribution in [0.2, 0.25) is 0 Å². The molecule has 3 aromatic rings. The van der Waals surface area contributed by atoms with Crippen LogP contribution < -0.4 is 5.32 Å². The normalized spacial score (nSPS) is 10.7. The fourth-order valence-electron chi connectivity index (χ4n) is 2.59. The highest BCUT2D eigenvalue weighted by Crippen LogP contribution is 2.12. The number of nitrogens with zero attached hydrogens (tertiary/aromatic N) is 3. The Labute approximate surface area is 149 Å². The molecule has 7 heteroatoms. The summed E-state index contributed by atoms with van der Waals surface area (Å²) in [5, 5.41) is 2.78. The number of amides is 1. The quantitative estimate of drug-likeness (QED) is 0.738. The molecule has 0 radical (unpaired) electrons. The van der Waals surface area contributed by atoms with Gasteiger partial charge in [0.05, 0.1) is 0 Å². The number of imidazole rings is 1. The monoisotopic (exact) mass is 356 g/mol. The standard InChI is InChI=1S/C19H18F2N4O/c1-13-22-8-9-25(13)18-10-14(6-7-23-18)12-24-19(26)5-2-15-11-16(20)3-4-17(15)21/h3-4,6-11H,2,5,12H2,1H3,(H,24,26). The van der Waals surface area contributed by atoms with Crippen molar-refractivity contribution in [2.75, 3.05) is 0 Å². The number of hydrogen-bond donors (Lipinski definition) is 1. The molecule has 0 bridgehead atoms. The number of aromatic nitrogens is 3. The van der Waals surface area contributed by atoms with Crippen molar-refractivity contribution in [3.63, 3.8) is 0 Å². The molecular formula is C19H18F2N4O. The zero-order valence-electron chi connectivity index (χ0n) is 14.2. The summed E-state index contributed by atoms with van der Waals surface area (Å²) in [6.45, 7) is 2.20. The molecule has 0 atom stereocenters. The van der Waals surface area contributed by atoms with E-state index in [4.69, 9.17) is 0 Å². The fraction of sp³-hybridized carbons (Fsp3) is 0.211. The van der Waals surface area contributed by atoms with E-state index in [1.54, 1.807) is 12.4 Å². The van der Waals surface area contributed by atoms with Crippen LogP contribution >= 0.6 is 0 Å². The minimum Gasteiger partial charge on any atom is -0.352 e. The van der Waals surface area contributed by atoms with Crippen LogP contribution in [0.25, 0.3) is 5.82 Å². The van der Waals surface area contributed by atoms with Gasteiger partial charge in [0, 0.05) is 31.6 Å². The summed E-state index contributed by atoms with van der Waals surface area (Å²) in [6.07, 6.45) is 5.40. The molecule has 134 valence electrons. The van der Waals surface area contributed by atoms with Crippen molar-refractivity contribution in [3.05, 3.63) is 77.5 Å². The Morgan fingerprint density at radius 1 is 1.15 bits per heavy atom. The molecule has 1 N–H and O–H groups in total. The van der Waals surface area contributed by atoms with E-state index in [-0.39, 0.29) is 24.3 Å². The summed E-state index contributed by atoms with van der Waals surface area (Å²) < 4.78 is 28.6. The Bertz CT molecular complexity index is 923. The maximum absolute atomic E-state index is 13.6. The number of aryl methyl sites for hydroxylation is 2. The van der Waals surface area contributed by atoms with E-state index >= 15 is 0 Å². The van der Waals surface area contributed by atoms with E-state index in [1.165, 1.54) is 0 Å². The van der Waals surface area contributed by atoms with Crippen molar-refractivity contribution in [1.82, 2.24) is 19.9 Å². The number of benzene rings is 1. The Kier molecular flexibility index (Phi) is 5.36. The first-order valence-electron chi connectivity index (χ1n) is 8.19. The first kappa shape index (κ1) is 17.7. The molecule has 0 spiro atoms. The van der Waals surface area contributed by atoms with Crippen LogP contribution in [-0.4, -0.2) is 20.4 Å². The highest BCUT2D eigenvalue weighted by atomic mass is 19.1. The van der Waals surface area contributed by atoms with Gasteiger partial charge in [0.2, 0.25) is 5.91 Å². The number of pyridine rings is 1. The van der Waals surface area contributed by atoms with E-state index < -0.39 is 11.6 Å². The van der Waals surface area contributed by atoms with Crippen LogP contribution in [0.5, 0.6) is 0 Å². The third kappa shape index (κ3) is 4.30. The van der Waals surface area contributed by atoms with Gasteiger partial charge in [-0.15, -0.1) is 0 Å². The molecule has 0 aliphatic heterocycles. The fourth-order valence-corrected chi connectivity index (χ4v) is 2.59. The zero-order chi connectivity index (χ0) is 18.5. The summed E-state index contributed by atoms with van der Waals surface area (Å²) in [5.41, 5.74) is 1.08. The van der Waals surface area contributed by atoms with Crippen LogP contribution in [0.15, 0.2) is 48.9 Å². The van der Waals surface area contributed by atoms with Gasteiger partial charge >= 0.3 is 0 Å². The van der Waals surface area contributed by atoms with E-state index in [0.29, 0.717) is 12.4 Å². The van der Waals surface area contributed by atoms with Crippen molar-refractivity contribution in [1.29, 1.82) is 0 Å². The average Bonchev–Trinajstić information content (AvgIpc) is 3.07. The van der Waals surface area contributed by atoms with Crippen molar-refractivity contribution < 1.29 is 13.6 Å². The second kappa shape index (κ2) is 7.86. The molecule has 3 rings (SSSR count). The molecule has 2 heterocycles. The van der Waals surface area contributed by atoms with Gasteiger partial charge in [-0.05, 0) is 54.8 Å². The summed E-state index contributed by atoms with van der Waals surface area (Å²) in [7, 11) is 0. The van der Waals surface area contributed by atoms with Crippen LogP contribution in [0, 0.1) is 18.6 Å². The lowest BCUT2D eigenvalue weighted by atomic mass is 10.1. The Morgan fingerprint density at radius 3 is 2.77 bits per heavy atom. The number of nitrogens with one attached hydrogen (secondary N) is 1. The van der Waals surface area contributed by atoms with E-state index in [0.717, 1.165) is 29.6 Å². The molecule has 0 aliphatic carbocycles. The van der Waals surface area contributed by atoms with Crippen molar-refractivity contribution in [2.24, 2.45) is 0 Å². The van der Waals surface area contributed by atoms with Crippen LogP contribution in [0.3, 0.4) is 0 Å². The Morgan fingerprint density at radius 2 is 2.00 bits per heavy atom. The van der Waals surface area contributed by atoms with Gasteiger partial charge in [0.1, 0.15) is 23.3 Å². The summed E-state index contributed by atoms with van der Waals surface area (Å²) in [4.78, 5) is 20.5. The predicted molar refractivity (Wildman–Crippen MR) is 92.6 cm³/mol. The number of carbonyl (C=O) groups is 1. The van der Waals surface area contributed by atoms with E-state index in [9.17, 15) is 13.6 Å². The summed E-state index contributed by atoms with van der Waals surface area (Å²) in [5.74, 6) is 0.282. The second-order valence-corrected chi connectivity index (χ2v) is 5.88. The average molecular weight is 356 g/mol. The topological polar surface area (TPSA) is 59.8 Å². The molecule has 26 heavy (non-hydrogen) atoms. The SMILES string of the molecule is Cc1nccn1-c1cc(CNC(=O)CCc2cc(F)ccc2F)ccn1. The van der Waals surface area contributed by atoms with Crippen LogP contribution in [0.1, 0.15) is 23.4 Å². The molecule has 2 aromatic heterocycles. The molecule has 0 saturated heterocycles. The van der Waals surface area contributed by atoms with Gasteiger partial charge in [-0.25, -0.2) is 18.7 Å². The van der Waals surface area contributed by atoms with Crippen molar-refractivity contribution in [3.8, 4) is 5.82 Å². The smallest absolute Gasteiger partial charge is 0.220 e. The number of rotatable bonds is 6. The lowest BCUT2D eigenvalue weighted by Gasteiger charge is -2.09. The molecule has 0 fully saturated rings. The maximum atomic E-state index is 13.6. The van der Waals surface area contributed by atoms with Gasteiger partial charge < -0.3 is 5.32 Å². The molecule has 1 aromatic carbocycles. The van der Waals surface area contributed by atoms with Crippen molar-refractivity contribution in [2.45, 2.75) is 26.3 Å². The zero-order valence-corrected chi connectivity index (χ0v) is 14.2. The predicted octanol–water partition coefficient (Wildman–Crippen LogP) is 3.10.